The summed E-state index contributed by atoms with van der Waals surface area (Å²) >= 11 is 0. The molecule has 0 saturated heterocycles. The van der Waals surface area contributed by atoms with Crippen molar-refractivity contribution in [1.29, 1.82) is 0 Å². The number of ether oxygens (including phenoxy) is 3. The third kappa shape index (κ3) is 4.77. The van der Waals surface area contributed by atoms with Crippen LogP contribution in [0.2, 0.25) is 0 Å². The zero-order chi connectivity index (χ0) is 19.1. The van der Waals surface area contributed by atoms with Crippen molar-refractivity contribution in [3.05, 3.63) is 23.8 Å². The quantitative estimate of drug-likeness (QED) is 0.373. The van der Waals surface area contributed by atoms with E-state index in [0.717, 1.165) is 32.1 Å². The summed E-state index contributed by atoms with van der Waals surface area (Å²) in [5, 5.41) is 0. The highest BCUT2D eigenvalue weighted by atomic mass is 16.5. The number of hydrogen-bond donors (Lipinski definition) is 0. The van der Waals surface area contributed by atoms with Crippen LogP contribution in [0.1, 0.15) is 56.3 Å². The Morgan fingerprint density at radius 3 is 2.15 bits per heavy atom. The van der Waals surface area contributed by atoms with E-state index in [1.54, 1.807) is 18.2 Å². The molecule has 0 bridgehead atoms. The number of carbonyl (C=O) groups is 2. The molecule has 0 spiro atoms. The molecule has 0 radical (unpaired) electrons. The lowest BCUT2D eigenvalue weighted by Crippen LogP contribution is -2.33. The number of rotatable bonds is 9. The van der Waals surface area contributed by atoms with Crippen LogP contribution in [-0.4, -0.2) is 32.6 Å². The highest BCUT2D eigenvalue weighted by molar-refractivity contribution is 6.12. The fourth-order valence-electron chi connectivity index (χ4n) is 3.54. The smallest absolute Gasteiger partial charge is 0.317 e. The molecule has 1 aliphatic rings. The van der Waals surface area contributed by atoms with E-state index in [9.17, 15) is 9.59 Å². The van der Waals surface area contributed by atoms with Crippen molar-refractivity contribution >= 4 is 11.8 Å². The lowest BCUT2D eigenvalue weighted by Gasteiger charge is -2.23. The minimum absolute atomic E-state index is 0.0173. The molecule has 0 N–H and O–H groups in total. The molecule has 0 aromatic heterocycles. The normalized spacial score (nSPS) is 15.7. The summed E-state index contributed by atoms with van der Waals surface area (Å²) < 4.78 is 16.2. The average molecular weight is 362 g/mol. The molecule has 5 nitrogen and oxygen atoms in total. The van der Waals surface area contributed by atoms with Gasteiger partial charge in [-0.3, -0.25) is 9.59 Å². The molecule has 1 fully saturated rings. The zero-order valence-corrected chi connectivity index (χ0v) is 16.2. The number of benzene rings is 1. The van der Waals surface area contributed by atoms with Gasteiger partial charge in [0.05, 0.1) is 20.8 Å². The number of carbonyl (C=O) groups excluding carboxylic acids is 2. The first-order chi connectivity index (χ1) is 12.5. The van der Waals surface area contributed by atoms with Gasteiger partial charge in [-0.05, 0) is 43.2 Å². The Morgan fingerprint density at radius 1 is 1.08 bits per heavy atom. The largest absolute Gasteiger partial charge is 0.496 e. The van der Waals surface area contributed by atoms with Crippen molar-refractivity contribution in [2.45, 2.75) is 46.0 Å². The topological polar surface area (TPSA) is 61.8 Å². The summed E-state index contributed by atoms with van der Waals surface area (Å²) in [6, 6.07) is 5.19. The Bertz CT molecular complexity index is 595. The van der Waals surface area contributed by atoms with E-state index in [1.165, 1.54) is 14.2 Å². The molecular weight excluding hydrogens is 332 g/mol. The van der Waals surface area contributed by atoms with Gasteiger partial charge in [0.2, 0.25) is 0 Å². The van der Waals surface area contributed by atoms with Crippen LogP contribution in [-0.2, 0) is 9.53 Å². The molecule has 0 amide bonds. The van der Waals surface area contributed by atoms with Gasteiger partial charge in [-0.2, -0.15) is 0 Å². The first-order valence-electron chi connectivity index (χ1n) is 9.41. The predicted molar refractivity (Wildman–Crippen MR) is 99.7 cm³/mol. The Kier molecular flexibility index (Phi) is 7.49. The van der Waals surface area contributed by atoms with Crippen molar-refractivity contribution in [3.63, 3.8) is 0 Å². The molecule has 1 unspecified atom stereocenters. The van der Waals surface area contributed by atoms with Crippen LogP contribution in [0.25, 0.3) is 0 Å². The summed E-state index contributed by atoms with van der Waals surface area (Å²) in [5.41, 5.74) is 0.329. The second-order valence-corrected chi connectivity index (χ2v) is 7.27. The maximum Gasteiger partial charge on any atom is 0.317 e. The van der Waals surface area contributed by atoms with E-state index in [1.807, 2.05) is 0 Å². The van der Waals surface area contributed by atoms with Gasteiger partial charge in [0.1, 0.15) is 23.0 Å². The molecule has 1 aliphatic carbocycles. The van der Waals surface area contributed by atoms with Gasteiger partial charge in [-0.15, -0.1) is 0 Å². The highest BCUT2D eigenvalue weighted by Gasteiger charge is 2.40. The summed E-state index contributed by atoms with van der Waals surface area (Å²) in [7, 11) is 3.02. The second kappa shape index (κ2) is 9.60. The molecule has 1 aromatic rings. The summed E-state index contributed by atoms with van der Waals surface area (Å²) in [6.45, 7) is 4.50. The van der Waals surface area contributed by atoms with Gasteiger partial charge in [0.15, 0.2) is 5.78 Å². The molecule has 26 heavy (non-hydrogen) atoms. The van der Waals surface area contributed by atoms with Crippen molar-refractivity contribution in [1.82, 2.24) is 0 Å². The number of hydrogen-bond acceptors (Lipinski definition) is 5. The van der Waals surface area contributed by atoms with E-state index >= 15 is 0 Å². The Hall–Kier alpha value is -2.04. The molecular formula is C21H30O5. The maximum absolute atomic E-state index is 13.4. The van der Waals surface area contributed by atoms with E-state index in [2.05, 4.69) is 13.8 Å². The van der Waals surface area contributed by atoms with Crippen molar-refractivity contribution in [3.8, 4) is 11.5 Å². The van der Waals surface area contributed by atoms with Gasteiger partial charge in [-0.25, -0.2) is 0 Å². The lowest BCUT2D eigenvalue weighted by molar-refractivity contribution is -0.148. The van der Waals surface area contributed by atoms with Crippen LogP contribution < -0.4 is 9.47 Å². The van der Waals surface area contributed by atoms with E-state index in [-0.39, 0.29) is 11.7 Å². The van der Waals surface area contributed by atoms with E-state index in [0.29, 0.717) is 29.6 Å². The first kappa shape index (κ1) is 20.3. The number of methoxy groups -OCH3 is 2. The molecule has 0 heterocycles. The fourth-order valence-corrected chi connectivity index (χ4v) is 3.54. The SMILES string of the molecule is COc1cccc(OC)c1C(=O)C(C(=O)OCCC(C)C)C1CCCC1. The summed E-state index contributed by atoms with van der Waals surface area (Å²) in [5.74, 6) is -0.174. The highest BCUT2D eigenvalue weighted by Crippen LogP contribution is 2.38. The lowest BCUT2D eigenvalue weighted by atomic mass is 9.84. The summed E-state index contributed by atoms with van der Waals surface area (Å²) in [4.78, 5) is 26.2. The van der Waals surface area contributed by atoms with Gasteiger partial charge in [0, 0.05) is 0 Å². The molecule has 2 rings (SSSR count). The van der Waals surface area contributed by atoms with Gasteiger partial charge in [-0.1, -0.05) is 32.8 Å². The van der Waals surface area contributed by atoms with Gasteiger partial charge in [0.25, 0.3) is 0 Å². The molecule has 1 saturated carbocycles. The third-order valence-corrected chi connectivity index (χ3v) is 5.02. The Morgan fingerprint density at radius 2 is 1.65 bits per heavy atom. The van der Waals surface area contributed by atoms with Crippen LogP contribution in [0.4, 0.5) is 0 Å². The van der Waals surface area contributed by atoms with Crippen molar-refractivity contribution < 1.29 is 23.8 Å². The van der Waals surface area contributed by atoms with Crippen molar-refractivity contribution in [2.75, 3.05) is 20.8 Å². The number of ketones is 1. The van der Waals surface area contributed by atoms with Gasteiger partial charge < -0.3 is 14.2 Å². The van der Waals surface area contributed by atoms with E-state index in [4.69, 9.17) is 14.2 Å². The first-order valence-corrected chi connectivity index (χ1v) is 9.41. The van der Waals surface area contributed by atoms with Crippen LogP contribution in [0.15, 0.2) is 18.2 Å². The van der Waals surface area contributed by atoms with Crippen LogP contribution in [0.3, 0.4) is 0 Å². The maximum atomic E-state index is 13.4. The molecule has 5 heteroatoms. The minimum atomic E-state index is -0.796. The zero-order valence-electron chi connectivity index (χ0n) is 16.2. The van der Waals surface area contributed by atoms with Crippen LogP contribution in [0.5, 0.6) is 11.5 Å². The Labute approximate surface area is 156 Å². The average Bonchev–Trinajstić information content (AvgIpc) is 3.14. The third-order valence-electron chi connectivity index (χ3n) is 5.02. The molecule has 144 valence electrons. The minimum Gasteiger partial charge on any atom is -0.496 e. The predicted octanol–water partition coefficient (Wildman–Crippen LogP) is 4.28. The van der Waals surface area contributed by atoms with Crippen LogP contribution >= 0.6 is 0 Å². The summed E-state index contributed by atoms with van der Waals surface area (Å²) in [6.07, 6.45) is 4.60. The van der Waals surface area contributed by atoms with E-state index < -0.39 is 11.9 Å². The fraction of sp³-hybridized carbons (Fsp3) is 0.619. The van der Waals surface area contributed by atoms with Crippen LogP contribution in [0, 0.1) is 17.8 Å². The molecule has 1 atom stereocenters. The Balaban J connectivity index is 2.30. The number of esters is 1. The van der Waals surface area contributed by atoms with Crippen molar-refractivity contribution in [2.24, 2.45) is 17.8 Å². The second-order valence-electron chi connectivity index (χ2n) is 7.27. The standard InChI is InChI=1S/C21H30O5/c1-14(2)12-13-26-21(23)18(15-8-5-6-9-15)20(22)19-16(24-3)10-7-11-17(19)25-4/h7,10-11,14-15,18H,5-6,8-9,12-13H2,1-4H3. The molecule has 0 aliphatic heterocycles. The number of Topliss-reactive ketones (excluding diaryl/α,β-unsaturated/α-hetero) is 1. The monoisotopic (exact) mass is 362 g/mol. The molecule has 1 aromatic carbocycles. The van der Waals surface area contributed by atoms with Gasteiger partial charge >= 0.3 is 5.97 Å².